The normalized spacial score (nSPS) is 18.1. The number of urea groups is 1. The van der Waals surface area contributed by atoms with Crippen LogP contribution in [0.1, 0.15) is 11.5 Å². The molecule has 37 heavy (non-hydrogen) atoms. The number of benzene rings is 1. The van der Waals surface area contributed by atoms with Crippen LogP contribution in [0.5, 0.6) is 0 Å². The molecule has 0 aliphatic carbocycles. The largest absolute Gasteiger partial charge is 0.442 e. The molecule has 1 aromatic heterocycles. The summed E-state index contributed by atoms with van der Waals surface area (Å²) < 4.78 is 49.8. The van der Waals surface area contributed by atoms with Crippen LogP contribution in [0.2, 0.25) is 0 Å². The monoisotopic (exact) mass is 525 g/mol. The fourth-order valence-electron chi connectivity index (χ4n) is 3.96. The van der Waals surface area contributed by atoms with Crippen LogP contribution in [0, 0.1) is 12.7 Å². The molecule has 1 atom stereocenters. The molecule has 0 spiro atoms. The Balaban J connectivity index is 1.32. The van der Waals surface area contributed by atoms with Crippen molar-refractivity contribution in [3.63, 3.8) is 0 Å². The lowest BCUT2D eigenvalue weighted by atomic mass is 10.2. The van der Waals surface area contributed by atoms with Gasteiger partial charge in [0.15, 0.2) is 0 Å². The number of hydrazine groups is 1. The van der Waals surface area contributed by atoms with Crippen LogP contribution in [-0.2, 0) is 16.1 Å². The lowest BCUT2D eigenvalue weighted by Crippen LogP contribution is -2.48. The zero-order valence-electron chi connectivity index (χ0n) is 19.9. The van der Waals surface area contributed by atoms with Gasteiger partial charge in [-0.25, -0.2) is 19.4 Å². The van der Waals surface area contributed by atoms with E-state index < -0.39 is 30.3 Å². The first-order valence-corrected chi connectivity index (χ1v) is 11.5. The molecule has 0 radical (unpaired) electrons. The van der Waals surface area contributed by atoms with Crippen LogP contribution in [0.15, 0.2) is 28.8 Å². The summed E-state index contributed by atoms with van der Waals surface area (Å²) in [6.07, 6.45) is -4.79. The second kappa shape index (κ2) is 11.4. The fourth-order valence-corrected chi connectivity index (χ4v) is 3.96. The Bertz CT molecular complexity index is 1150. The van der Waals surface area contributed by atoms with Crippen LogP contribution < -0.4 is 25.9 Å². The van der Waals surface area contributed by atoms with Crippen LogP contribution in [0.25, 0.3) is 0 Å². The standard InChI is InChI=1S/C22H26F3N7O5/c1-13-8-14(29-37-13)10-27-21(34)32-7-6-30(5-4-28-32)18-3-2-15(9-17(18)23)31-12-16(36-22(31)35)11-26-20(33)19(24)25/h2-3,8-9,16,19,28H,4-7,10-12H2,1H3,(H,26,33)(H,27,34)/t16-/m0/s1. The number of ether oxygens (including phenoxy) is 1. The van der Waals surface area contributed by atoms with Gasteiger partial charge in [0.1, 0.15) is 23.4 Å². The van der Waals surface area contributed by atoms with Crippen molar-refractivity contribution in [3.05, 3.63) is 41.5 Å². The van der Waals surface area contributed by atoms with Gasteiger partial charge in [-0.15, -0.1) is 0 Å². The maximum Gasteiger partial charge on any atom is 0.414 e. The SMILES string of the molecule is Cc1cc(CNC(=O)N2CCN(c3ccc(N4C[C@H](CNC(=O)C(F)F)OC4=O)cc3F)CCN2)no1. The van der Waals surface area contributed by atoms with Crippen molar-refractivity contribution < 1.29 is 36.8 Å². The number of aromatic nitrogens is 1. The van der Waals surface area contributed by atoms with E-state index in [2.05, 4.69) is 15.9 Å². The molecule has 0 unspecified atom stereocenters. The topological polar surface area (TPSA) is 132 Å². The van der Waals surface area contributed by atoms with Crippen LogP contribution >= 0.6 is 0 Å². The molecule has 1 aromatic carbocycles. The Kier molecular flexibility index (Phi) is 8.01. The molecule has 3 N–H and O–H groups in total. The first-order chi connectivity index (χ1) is 17.7. The highest BCUT2D eigenvalue weighted by Crippen LogP contribution is 2.28. The number of cyclic esters (lactones) is 1. The Hall–Kier alpha value is -4.01. The van der Waals surface area contributed by atoms with Crippen LogP contribution in [-0.4, -0.2) is 80.0 Å². The molecular weight excluding hydrogens is 499 g/mol. The summed E-state index contributed by atoms with van der Waals surface area (Å²) in [5.41, 5.74) is 4.11. The van der Waals surface area contributed by atoms with Gasteiger partial charge in [-0.3, -0.25) is 14.7 Å². The van der Waals surface area contributed by atoms with Crippen molar-refractivity contribution in [2.24, 2.45) is 0 Å². The van der Waals surface area contributed by atoms with Crippen molar-refractivity contribution in [1.82, 2.24) is 26.2 Å². The van der Waals surface area contributed by atoms with E-state index in [0.717, 1.165) is 0 Å². The molecule has 2 aliphatic heterocycles. The van der Waals surface area contributed by atoms with Gasteiger partial charge in [0.25, 0.3) is 5.91 Å². The average Bonchev–Trinajstić information content (AvgIpc) is 3.36. The first kappa shape index (κ1) is 26.1. The number of anilines is 2. The fraction of sp³-hybridized carbons (Fsp3) is 0.455. The maximum absolute atomic E-state index is 15.1. The molecule has 0 bridgehead atoms. The summed E-state index contributed by atoms with van der Waals surface area (Å²) >= 11 is 0. The summed E-state index contributed by atoms with van der Waals surface area (Å²) in [7, 11) is 0. The number of aryl methyl sites for hydroxylation is 1. The number of amides is 4. The lowest BCUT2D eigenvalue weighted by Gasteiger charge is -2.24. The highest BCUT2D eigenvalue weighted by atomic mass is 19.3. The molecule has 4 rings (SSSR count). The zero-order chi connectivity index (χ0) is 26.5. The maximum atomic E-state index is 15.1. The Morgan fingerprint density at radius 1 is 1.22 bits per heavy atom. The molecule has 2 aliphatic rings. The Morgan fingerprint density at radius 3 is 2.73 bits per heavy atom. The predicted molar refractivity (Wildman–Crippen MR) is 123 cm³/mol. The summed E-state index contributed by atoms with van der Waals surface area (Å²) in [5.74, 6) is -1.40. The van der Waals surface area contributed by atoms with Gasteiger partial charge in [-0.05, 0) is 25.1 Å². The predicted octanol–water partition coefficient (Wildman–Crippen LogP) is 1.37. The number of hydrogen-bond acceptors (Lipinski definition) is 8. The average molecular weight is 525 g/mol. The number of rotatable bonds is 7. The number of carbonyl (C=O) groups excluding carboxylic acids is 3. The Labute approximate surface area is 209 Å². The lowest BCUT2D eigenvalue weighted by molar-refractivity contribution is -0.132. The van der Waals surface area contributed by atoms with Crippen molar-refractivity contribution in [3.8, 4) is 0 Å². The molecule has 200 valence electrons. The summed E-state index contributed by atoms with van der Waals surface area (Å²) in [4.78, 5) is 38.7. The third-order valence-corrected chi connectivity index (χ3v) is 5.78. The highest BCUT2D eigenvalue weighted by molar-refractivity contribution is 5.90. The van der Waals surface area contributed by atoms with Crippen LogP contribution in [0.3, 0.4) is 0 Å². The zero-order valence-corrected chi connectivity index (χ0v) is 19.9. The molecule has 2 aromatic rings. The molecule has 0 saturated carbocycles. The number of alkyl halides is 2. The van der Waals surface area contributed by atoms with Gasteiger partial charge in [0.05, 0.1) is 37.6 Å². The number of carbonyl (C=O) groups is 3. The van der Waals surface area contributed by atoms with E-state index in [1.54, 1.807) is 24.0 Å². The van der Waals surface area contributed by atoms with Crippen molar-refractivity contribution >= 4 is 29.4 Å². The summed E-state index contributed by atoms with van der Waals surface area (Å²) in [5, 5.41) is 9.97. The minimum absolute atomic E-state index is 0.0350. The second-order valence-corrected chi connectivity index (χ2v) is 8.43. The van der Waals surface area contributed by atoms with Crippen molar-refractivity contribution in [2.45, 2.75) is 26.0 Å². The number of halogens is 3. The van der Waals surface area contributed by atoms with E-state index in [1.165, 1.54) is 22.0 Å². The van der Waals surface area contributed by atoms with E-state index in [1.807, 2.05) is 5.32 Å². The number of hydrogen-bond donors (Lipinski definition) is 3. The van der Waals surface area contributed by atoms with Gasteiger partial charge in [0.2, 0.25) is 0 Å². The second-order valence-electron chi connectivity index (χ2n) is 8.43. The molecular formula is C22H26F3N7O5. The van der Waals surface area contributed by atoms with Gasteiger partial charge < -0.3 is 24.8 Å². The summed E-state index contributed by atoms with van der Waals surface area (Å²) in [6, 6.07) is 5.61. The minimum Gasteiger partial charge on any atom is -0.442 e. The van der Waals surface area contributed by atoms with Gasteiger partial charge in [0, 0.05) is 25.7 Å². The van der Waals surface area contributed by atoms with E-state index >= 15 is 4.39 Å². The van der Waals surface area contributed by atoms with Crippen molar-refractivity contribution in [2.75, 3.05) is 49.1 Å². The minimum atomic E-state index is -3.17. The van der Waals surface area contributed by atoms with E-state index in [9.17, 15) is 23.2 Å². The number of nitrogens with zero attached hydrogens (tertiary/aromatic N) is 4. The Morgan fingerprint density at radius 2 is 2.03 bits per heavy atom. The number of nitrogens with one attached hydrogen (secondary N) is 3. The van der Waals surface area contributed by atoms with E-state index in [4.69, 9.17) is 9.26 Å². The van der Waals surface area contributed by atoms with Crippen molar-refractivity contribution in [1.29, 1.82) is 0 Å². The van der Waals surface area contributed by atoms with Gasteiger partial charge in [-0.1, -0.05) is 5.16 Å². The quantitative estimate of drug-likeness (QED) is 0.494. The van der Waals surface area contributed by atoms with E-state index in [-0.39, 0.29) is 37.9 Å². The van der Waals surface area contributed by atoms with Gasteiger partial charge in [-0.2, -0.15) is 8.78 Å². The highest BCUT2D eigenvalue weighted by Gasteiger charge is 2.33. The summed E-state index contributed by atoms with van der Waals surface area (Å²) in [6.45, 7) is 3.05. The van der Waals surface area contributed by atoms with Gasteiger partial charge >= 0.3 is 18.5 Å². The molecule has 12 nitrogen and oxygen atoms in total. The molecule has 3 heterocycles. The van der Waals surface area contributed by atoms with E-state index in [0.29, 0.717) is 36.8 Å². The first-order valence-electron chi connectivity index (χ1n) is 11.5. The molecule has 4 amide bonds. The molecule has 2 fully saturated rings. The molecule has 15 heteroatoms. The smallest absolute Gasteiger partial charge is 0.414 e. The third kappa shape index (κ3) is 6.41. The van der Waals surface area contributed by atoms with Crippen LogP contribution in [0.4, 0.5) is 34.1 Å². The third-order valence-electron chi connectivity index (χ3n) is 5.78. The molecule has 2 saturated heterocycles.